The van der Waals surface area contributed by atoms with Crippen LogP contribution in [0.3, 0.4) is 0 Å². The van der Waals surface area contributed by atoms with Crippen molar-refractivity contribution in [1.29, 1.82) is 0 Å². The molecule has 6 heteroatoms. The molecule has 0 spiro atoms. The summed E-state index contributed by atoms with van der Waals surface area (Å²) in [5, 5.41) is -0.0162. The molecule has 0 aliphatic carbocycles. The molecule has 0 aliphatic rings. The molecule has 0 aliphatic heterocycles. The normalized spacial score (nSPS) is 14.3. The molecular formula is C13H24N2O3S. The zero-order valence-electron chi connectivity index (χ0n) is 12.3. The van der Waals surface area contributed by atoms with E-state index in [4.69, 9.17) is 4.42 Å². The van der Waals surface area contributed by atoms with Crippen LogP contribution in [-0.4, -0.2) is 40.0 Å². The first-order chi connectivity index (χ1) is 8.70. The summed E-state index contributed by atoms with van der Waals surface area (Å²) in [7, 11) is 0.285. The minimum atomic E-state index is -3.57. The lowest BCUT2D eigenvalue weighted by Gasteiger charge is -2.23. The van der Waals surface area contributed by atoms with E-state index in [0.29, 0.717) is 18.2 Å². The lowest BCUT2D eigenvalue weighted by atomic mass is 10.0. The topological polar surface area (TPSA) is 62.6 Å². The maximum Gasteiger partial charge on any atom is 0.274 e. The number of hydrogen-bond acceptors (Lipinski definition) is 4. The van der Waals surface area contributed by atoms with Gasteiger partial charge in [-0.05, 0) is 45.5 Å². The van der Waals surface area contributed by atoms with Gasteiger partial charge < -0.3 is 9.32 Å². The Bertz CT molecular complexity index is 482. The molecule has 1 atom stereocenters. The molecular weight excluding hydrogens is 264 g/mol. The molecule has 1 aromatic rings. The smallest absolute Gasteiger partial charge is 0.274 e. The van der Waals surface area contributed by atoms with Gasteiger partial charge in [-0.15, -0.1) is 0 Å². The molecule has 0 bridgehead atoms. The zero-order chi connectivity index (χ0) is 14.6. The van der Waals surface area contributed by atoms with Crippen molar-refractivity contribution in [2.45, 2.75) is 38.3 Å². The second-order valence-corrected chi connectivity index (χ2v) is 7.22. The van der Waals surface area contributed by atoms with Gasteiger partial charge in [0.1, 0.15) is 5.76 Å². The Morgan fingerprint density at radius 3 is 2.37 bits per heavy atom. The first kappa shape index (κ1) is 16.2. The van der Waals surface area contributed by atoms with Crippen LogP contribution in [0.4, 0.5) is 0 Å². The molecule has 0 saturated heterocycles. The maximum atomic E-state index is 12.2. The molecule has 19 heavy (non-hydrogen) atoms. The second kappa shape index (κ2) is 6.54. The van der Waals surface area contributed by atoms with E-state index in [0.717, 1.165) is 6.42 Å². The molecule has 1 rings (SSSR count). The predicted octanol–water partition coefficient (Wildman–Crippen LogP) is 1.84. The molecule has 0 unspecified atom stereocenters. The number of sulfonamides is 1. The van der Waals surface area contributed by atoms with E-state index < -0.39 is 10.0 Å². The van der Waals surface area contributed by atoms with E-state index in [2.05, 4.69) is 18.6 Å². The molecule has 1 heterocycles. The molecule has 1 aromatic heterocycles. The highest BCUT2D eigenvalue weighted by Gasteiger charge is 2.23. The van der Waals surface area contributed by atoms with Gasteiger partial charge in [-0.1, -0.05) is 13.8 Å². The quantitative estimate of drug-likeness (QED) is 0.831. The first-order valence-electron chi connectivity index (χ1n) is 6.44. The third-order valence-corrected chi connectivity index (χ3v) is 4.04. The molecule has 0 radical (unpaired) electrons. The average molecular weight is 288 g/mol. The molecule has 110 valence electrons. The van der Waals surface area contributed by atoms with Crippen molar-refractivity contribution < 1.29 is 12.8 Å². The van der Waals surface area contributed by atoms with Crippen molar-refractivity contribution in [3.63, 3.8) is 0 Å². The minimum absolute atomic E-state index is 0.0162. The van der Waals surface area contributed by atoms with Crippen molar-refractivity contribution in [2.75, 3.05) is 20.6 Å². The van der Waals surface area contributed by atoms with E-state index in [1.807, 2.05) is 19.0 Å². The molecule has 0 amide bonds. The van der Waals surface area contributed by atoms with Gasteiger partial charge in [0.05, 0.1) is 0 Å². The minimum Gasteiger partial charge on any atom is -0.449 e. The molecule has 0 aromatic carbocycles. The average Bonchev–Trinajstić information content (AvgIpc) is 2.62. The van der Waals surface area contributed by atoms with Crippen molar-refractivity contribution in [3.05, 3.63) is 17.9 Å². The summed E-state index contributed by atoms with van der Waals surface area (Å²) >= 11 is 0. The summed E-state index contributed by atoms with van der Waals surface area (Å²) < 4.78 is 32.3. The Hall–Kier alpha value is -0.850. The summed E-state index contributed by atoms with van der Waals surface area (Å²) in [6, 6.07) is 3.02. The number of rotatable bonds is 7. The Labute approximate surface area is 116 Å². The van der Waals surface area contributed by atoms with Crippen LogP contribution in [0.2, 0.25) is 0 Å². The fourth-order valence-electron chi connectivity index (χ4n) is 2.00. The van der Waals surface area contributed by atoms with Crippen molar-refractivity contribution in [1.82, 2.24) is 9.62 Å². The van der Waals surface area contributed by atoms with Crippen molar-refractivity contribution in [2.24, 2.45) is 5.92 Å². The summed E-state index contributed by atoms with van der Waals surface area (Å²) in [5.41, 5.74) is 0. The van der Waals surface area contributed by atoms with Gasteiger partial charge in [0.2, 0.25) is 5.09 Å². The van der Waals surface area contributed by atoms with E-state index in [9.17, 15) is 8.42 Å². The van der Waals surface area contributed by atoms with Crippen LogP contribution >= 0.6 is 0 Å². The largest absolute Gasteiger partial charge is 0.449 e. The summed E-state index contributed by atoms with van der Waals surface area (Å²) in [6.07, 6.45) is 0.789. The fourth-order valence-corrected chi connectivity index (χ4v) is 3.22. The van der Waals surface area contributed by atoms with Gasteiger partial charge >= 0.3 is 0 Å². The summed E-state index contributed by atoms with van der Waals surface area (Å²) in [6.45, 7) is 6.55. The van der Waals surface area contributed by atoms with Crippen LogP contribution in [0.25, 0.3) is 0 Å². The fraction of sp³-hybridized carbons (Fsp3) is 0.692. The Morgan fingerprint density at radius 2 is 1.95 bits per heavy atom. The number of hydrogen-bond donors (Lipinski definition) is 1. The van der Waals surface area contributed by atoms with Crippen LogP contribution in [-0.2, 0) is 10.0 Å². The van der Waals surface area contributed by atoms with E-state index >= 15 is 0 Å². The van der Waals surface area contributed by atoms with Gasteiger partial charge in [0.15, 0.2) is 0 Å². The molecule has 0 fully saturated rings. The van der Waals surface area contributed by atoms with Gasteiger partial charge in [-0.2, -0.15) is 0 Å². The number of likely N-dealkylation sites (N-methyl/N-ethyl adjacent to an activating group) is 1. The maximum absolute atomic E-state index is 12.2. The summed E-state index contributed by atoms with van der Waals surface area (Å²) in [5.74, 6) is 1.01. The number of nitrogens with one attached hydrogen (secondary N) is 1. The third kappa shape index (κ3) is 5.34. The van der Waals surface area contributed by atoms with Gasteiger partial charge in [0.25, 0.3) is 10.0 Å². The van der Waals surface area contributed by atoms with Crippen molar-refractivity contribution >= 4 is 10.0 Å². The van der Waals surface area contributed by atoms with E-state index in [1.54, 1.807) is 13.0 Å². The van der Waals surface area contributed by atoms with Crippen LogP contribution in [0.1, 0.15) is 26.0 Å². The SMILES string of the molecule is Cc1ccc(S(=O)(=O)N[C@@H](CC(C)C)CN(C)C)o1. The van der Waals surface area contributed by atoms with Gasteiger partial charge in [0, 0.05) is 12.6 Å². The Balaban J connectivity index is 2.82. The van der Waals surface area contributed by atoms with Crippen LogP contribution < -0.4 is 4.72 Å². The van der Waals surface area contributed by atoms with Crippen LogP contribution in [0, 0.1) is 12.8 Å². The highest BCUT2D eigenvalue weighted by atomic mass is 32.2. The summed E-state index contributed by atoms with van der Waals surface area (Å²) in [4.78, 5) is 1.98. The standard InChI is InChI=1S/C13H24N2O3S/c1-10(2)8-12(9-15(4)5)14-19(16,17)13-7-6-11(3)18-13/h6-7,10,12,14H,8-9H2,1-5H3/t12-/m0/s1. The van der Waals surface area contributed by atoms with Gasteiger partial charge in [-0.3, -0.25) is 0 Å². The molecule has 5 nitrogen and oxygen atoms in total. The number of aryl methyl sites for hydroxylation is 1. The lowest BCUT2D eigenvalue weighted by Crippen LogP contribution is -2.42. The van der Waals surface area contributed by atoms with Crippen LogP contribution in [0.5, 0.6) is 0 Å². The monoisotopic (exact) mass is 288 g/mol. The highest BCUT2D eigenvalue weighted by Crippen LogP contribution is 2.15. The molecule has 1 N–H and O–H groups in total. The lowest BCUT2D eigenvalue weighted by molar-refractivity contribution is 0.326. The predicted molar refractivity (Wildman–Crippen MR) is 75.6 cm³/mol. The Morgan fingerprint density at radius 1 is 1.32 bits per heavy atom. The van der Waals surface area contributed by atoms with Gasteiger partial charge in [-0.25, -0.2) is 13.1 Å². The zero-order valence-corrected chi connectivity index (χ0v) is 13.1. The van der Waals surface area contributed by atoms with E-state index in [-0.39, 0.29) is 11.1 Å². The molecule has 0 saturated carbocycles. The second-order valence-electron chi connectivity index (χ2n) is 5.58. The first-order valence-corrected chi connectivity index (χ1v) is 7.92. The third-order valence-electron chi connectivity index (χ3n) is 2.64. The van der Waals surface area contributed by atoms with Crippen LogP contribution in [0.15, 0.2) is 21.6 Å². The van der Waals surface area contributed by atoms with E-state index in [1.165, 1.54) is 6.07 Å². The Kier molecular flexibility index (Phi) is 5.58. The number of nitrogens with zero attached hydrogens (tertiary/aromatic N) is 1. The number of furan rings is 1. The highest BCUT2D eigenvalue weighted by molar-refractivity contribution is 7.89. The van der Waals surface area contributed by atoms with Crippen molar-refractivity contribution in [3.8, 4) is 0 Å².